The summed E-state index contributed by atoms with van der Waals surface area (Å²) in [6.45, 7) is 4.85. The molecule has 0 saturated heterocycles. The van der Waals surface area contributed by atoms with Gasteiger partial charge in [0.05, 0.1) is 0 Å². The van der Waals surface area contributed by atoms with Crippen LogP contribution in [0.1, 0.15) is 20.3 Å². The summed E-state index contributed by atoms with van der Waals surface area (Å²) in [6, 6.07) is 0.194. The molecule has 0 aliphatic carbocycles. The molecule has 0 rings (SSSR count). The van der Waals surface area contributed by atoms with Crippen LogP contribution < -0.4 is 11.5 Å². The van der Waals surface area contributed by atoms with E-state index in [0.29, 0.717) is 12.5 Å². The molecule has 0 heterocycles. The van der Waals surface area contributed by atoms with E-state index < -0.39 is 0 Å². The highest BCUT2D eigenvalue weighted by atomic mass is 14.7. The van der Waals surface area contributed by atoms with E-state index in [2.05, 4.69) is 13.8 Å². The molecule has 2 nitrogen and oxygen atoms in total. The molecule has 0 aromatic carbocycles. The maximum Gasteiger partial charge on any atom is 0.0188 e. The molecule has 0 fully saturated rings. The summed E-state index contributed by atoms with van der Waals surface area (Å²) >= 11 is 0. The maximum absolute atomic E-state index is 5.60. The lowest BCUT2D eigenvalue weighted by Crippen LogP contribution is -2.35. The number of hydrogen-bond acceptors (Lipinski definition) is 2. The largest absolute Gasteiger partial charge is 0.329 e. The minimum Gasteiger partial charge on any atom is -0.329 e. The molecule has 0 aromatic rings. The molecular weight excluding hydrogens is 100 g/mol. The Bertz CT molecular complexity index is 46.5. The second-order valence-electron chi connectivity index (χ2n) is 2.29. The summed E-state index contributed by atoms with van der Waals surface area (Å²) in [5.41, 5.74) is 10.9. The van der Waals surface area contributed by atoms with E-state index in [1.165, 1.54) is 0 Å². The molecule has 0 radical (unpaired) electrons. The maximum atomic E-state index is 5.60. The van der Waals surface area contributed by atoms with Crippen LogP contribution in [-0.2, 0) is 0 Å². The predicted molar refractivity (Wildman–Crippen MR) is 36.5 cm³/mol. The molecule has 4 N–H and O–H groups in total. The van der Waals surface area contributed by atoms with Gasteiger partial charge >= 0.3 is 0 Å². The first-order valence-electron chi connectivity index (χ1n) is 3.18. The molecule has 0 amide bonds. The van der Waals surface area contributed by atoms with Gasteiger partial charge in [0, 0.05) is 12.6 Å². The van der Waals surface area contributed by atoms with Gasteiger partial charge in [-0.25, -0.2) is 0 Å². The predicted octanol–water partition coefficient (Wildman–Crippen LogP) is 0.319. The Kier molecular flexibility index (Phi) is 3.83. The molecule has 0 aliphatic rings. The van der Waals surface area contributed by atoms with E-state index in [1.807, 2.05) is 0 Å². The zero-order chi connectivity index (χ0) is 6.57. The molecule has 0 spiro atoms. The third-order valence-electron chi connectivity index (χ3n) is 1.65. The molecule has 0 aliphatic heterocycles. The summed E-state index contributed by atoms with van der Waals surface area (Å²) in [5, 5.41) is 0. The topological polar surface area (TPSA) is 52.0 Å². The fourth-order valence-electron chi connectivity index (χ4n) is 0.535. The van der Waals surface area contributed by atoms with E-state index in [4.69, 9.17) is 11.5 Å². The standard InChI is InChI=1S/C6H16N2/c1-3-5(2)6(8)4-7/h5-6H,3-4,7-8H2,1-2H3/t5-,6+/m1/s1. The second-order valence-corrected chi connectivity index (χ2v) is 2.29. The number of rotatable bonds is 3. The van der Waals surface area contributed by atoms with Crippen molar-refractivity contribution in [1.29, 1.82) is 0 Å². The molecule has 0 saturated carbocycles. The van der Waals surface area contributed by atoms with Crippen molar-refractivity contribution in [2.45, 2.75) is 26.3 Å². The van der Waals surface area contributed by atoms with Crippen LogP contribution in [0.3, 0.4) is 0 Å². The first-order chi connectivity index (χ1) is 3.72. The van der Waals surface area contributed by atoms with Gasteiger partial charge in [0.2, 0.25) is 0 Å². The van der Waals surface area contributed by atoms with E-state index in [9.17, 15) is 0 Å². The fourth-order valence-corrected chi connectivity index (χ4v) is 0.535. The Morgan fingerprint density at radius 2 is 2.00 bits per heavy atom. The van der Waals surface area contributed by atoms with Crippen LogP contribution in [0.2, 0.25) is 0 Å². The highest BCUT2D eigenvalue weighted by molar-refractivity contribution is 4.67. The van der Waals surface area contributed by atoms with Crippen LogP contribution in [0.4, 0.5) is 0 Å². The van der Waals surface area contributed by atoms with Gasteiger partial charge in [-0.05, 0) is 5.92 Å². The van der Waals surface area contributed by atoms with Gasteiger partial charge in [-0.3, -0.25) is 0 Å². The third-order valence-corrected chi connectivity index (χ3v) is 1.65. The minimum atomic E-state index is 0.194. The monoisotopic (exact) mass is 116 g/mol. The zero-order valence-corrected chi connectivity index (χ0v) is 5.72. The first-order valence-corrected chi connectivity index (χ1v) is 3.18. The molecule has 8 heavy (non-hydrogen) atoms. The molecule has 0 aromatic heterocycles. The average Bonchev–Trinajstić information content (AvgIpc) is 1.84. The van der Waals surface area contributed by atoms with Gasteiger partial charge in [0.15, 0.2) is 0 Å². The van der Waals surface area contributed by atoms with Crippen molar-refractivity contribution in [3.63, 3.8) is 0 Å². The summed E-state index contributed by atoms with van der Waals surface area (Å²) in [7, 11) is 0. The van der Waals surface area contributed by atoms with Crippen molar-refractivity contribution >= 4 is 0 Å². The van der Waals surface area contributed by atoms with Gasteiger partial charge in [-0.2, -0.15) is 0 Å². The lowest BCUT2D eigenvalue weighted by molar-refractivity contribution is 0.449. The zero-order valence-electron chi connectivity index (χ0n) is 5.72. The SMILES string of the molecule is CC[C@@H](C)[C@@H](N)CN. The van der Waals surface area contributed by atoms with E-state index in [-0.39, 0.29) is 6.04 Å². The average molecular weight is 116 g/mol. The summed E-state index contributed by atoms with van der Waals surface area (Å²) in [5.74, 6) is 0.569. The summed E-state index contributed by atoms with van der Waals surface area (Å²) < 4.78 is 0. The van der Waals surface area contributed by atoms with Gasteiger partial charge < -0.3 is 11.5 Å². The normalized spacial score (nSPS) is 18.0. The van der Waals surface area contributed by atoms with Crippen molar-refractivity contribution in [1.82, 2.24) is 0 Å². The van der Waals surface area contributed by atoms with E-state index in [1.54, 1.807) is 0 Å². The van der Waals surface area contributed by atoms with Gasteiger partial charge in [-0.15, -0.1) is 0 Å². The molecule has 0 bridgehead atoms. The molecule has 50 valence electrons. The number of nitrogens with two attached hydrogens (primary N) is 2. The quantitative estimate of drug-likeness (QED) is 0.558. The Morgan fingerprint density at radius 3 is 2.12 bits per heavy atom. The van der Waals surface area contributed by atoms with Crippen LogP contribution in [0.5, 0.6) is 0 Å². The highest BCUT2D eigenvalue weighted by Crippen LogP contribution is 2.02. The Morgan fingerprint density at radius 1 is 1.50 bits per heavy atom. The van der Waals surface area contributed by atoms with E-state index in [0.717, 1.165) is 6.42 Å². The van der Waals surface area contributed by atoms with Crippen molar-refractivity contribution in [2.75, 3.05) is 6.54 Å². The van der Waals surface area contributed by atoms with Gasteiger partial charge in [0.1, 0.15) is 0 Å². The van der Waals surface area contributed by atoms with Crippen LogP contribution in [-0.4, -0.2) is 12.6 Å². The van der Waals surface area contributed by atoms with Crippen LogP contribution in [0.15, 0.2) is 0 Å². The van der Waals surface area contributed by atoms with Gasteiger partial charge in [0.25, 0.3) is 0 Å². The Labute approximate surface area is 51.2 Å². The lowest BCUT2D eigenvalue weighted by Gasteiger charge is -2.14. The van der Waals surface area contributed by atoms with Crippen molar-refractivity contribution in [3.05, 3.63) is 0 Å². The van der Waals surface area contributed by atoms with Crippen molar-refractivity contribution in [3.8, 4) is 0 Å². The fraction of sp³-hybridized carbons (Fsp3) is 1.00. The first kappa shape index (κ1) is 7.92. The van der Waals surface area contributed by atoms with Crippen molar-refractivity contribution in [2.24, 2.45) is 17.4 Å². The van der Waals surface area contributed by atoms with Crippen molar-refractivity contribution < 1.29 is 0 Å². The minimum absolute atomic E-state index is 0.194. The smallest absolute Gasteiger partial charge is 0.0188 e. The van der Waals surface area contributed by atoms with Crippen LogP contribution >= 0.6 is 0 Å². The highest BCUT2D eigenvalue weighted by Gasteiger charge is 2.06. The third kappa shape index (κ3) is 2.28. The molecule has 2 heteroatoms. The lowest BCUT2D eigenvalue weighted by atomic mass is 10.0. The second kappa shape index (κ2) is 3.87. The Hall–Kier alpha value is -0.0800. The Balaban J connectivity index is 3.29. The number of hydrogen-bond donors (Lipinski definition) is 2. The molecular formula is C6H16N2. The van der Waals surface area contributed by atoms with E-state index >= 15 is 0 Å². The molecule has 2 atom stereocenters. The summed E-state index contributed by atoms with van der Waals surface area (Å²) in [4.78, 5) is 0. The van der Waals surface area contributed by atoms with Crippen LogP contribution in [0, 0.1) is 5.92 Å². The molecule has 0 unspecified atom stereocenters. The van der Waals surface area contributed by atoms with Gasteiger partial charge in [-0.1, -0.05) is 20.3 Å². The summed E-state index contributed by atoms with van der Waals surface area (Å²) in [6.07, 6.45) is 1.12. The van der Waals surface area contributed by atoms with Crippen LogP contribution in [0.25, 0.3) is 0 Å².